The quantitative estimate of drug-likeness (QED) is 0.698. The van der Waals surface area contributed by atoms with E-state index in [2.05, 4.69) is 27.8 Å². The van der Waals surface area contributed by atoms with Crippen LogP contribution in [0, 0.1) is 0 Å². The van der Waals surface area contributed by atoms with Gasteiger partial charge in [0.25, 0.3) is 0 Å². The molecule has 22 heavy (non-hydrogen) atoms. The molecule has 0 atom stereocenters. The number of pyridine rings is 1. The Morgan fingerprint density at radius 1 is 0.955 bits per heavy atom. The number of amides is 1. The van der Waals surface area contributed by atoms with Crippen LogP contribution in [0.15, 0.2) is 54.9 Å². The molecule has 1 amide bonds. The van der Waals surface area contributed by atoms with E-state index in [4.69, 9.17) is 0 Å². The van der Waals surface area contributed by atoms with E-state index in [0.717, 1.165) is 25.9 Å². The Balaban J connectivity index is 1.49. The second-order valence-corrected chi connectivity index (χ2v) is 5.22. The number of nitrogens with zero attached hydrogens (tertiary/aromatic N) is 1. The molecule has 0 aliphatic carbocycles. The standard InChI is InChI=1S/C18H23N3O/c22-18(10-14-20-15-17-8-12-19-13-9-17)21-11-4-7-16-5-2-1-3-6-16/h1-3,5-6,8-9,12-13,20H,4,7,10-11,14-15H2,(H,21,22). The summed E-state index contributed by atoms with van der Waals surface area (Å²) in [5.41, 5.74) is 2.49. The molecule has 0 saturated heterocycles. The van der Waals surface area contributed by atoms with Crippen molar-refractivity contribution in [2.75, 3.05) is 13.1 Å². The second-order valence-electron chi connectivity index (χ2n) is 5.22. The summed E-state index contributed by atoms with van der Waals surface area (Å²) in [5, 5.41) is 6.22. The van der Waals surface area contributed by atoms with Gasteiger partial charge in [0.1, 0.15) is 0 Å². The molecule has 4 nitrogen and oxygen atoms in total. The average molecular weight is 297 g/mol. The first kappa shape index (κ1) is 16.2. The van der Waals surface area contributed by atoms with Crippen molar-refractivity contribution in [1.82, 2.24) is 15.6 Å². The maximum Gasteiger partial charge on any atom is 0.221 e. The van der Waals surface area contributed by atoms with Crippen LogP contribution in [0.25, 0.3) is 0 Å². The molecule has 0 spiro atoms. The summed E-state index contributed by atoms with van der Waals surface area (Å²) in [6.45, 7) is 2.19. The molecule has 0 fully saturated rings. The van der Waals surface area contributed by atoms with Crippen LogP contribution in [-0.2, 0) is 17.8 Å². The monoisotopic (exact) mass is 297 g/mol. The van der Waals surface area contributed by atoms with Crippen LogP contribution >= 0.6 is 0 Å². The fourth-order valence-electron chi connectivity index (χ4n) is 2.19. The summed E-state index contributed by atoms with van der Waals surface area (Å²) in [4.78, 5) is 15.7. The largest absolute Gasteiger partial charge is 0.356 e. The molecule has 0 saturated carbocycles. The van der Waals surface area contributed by atoms with Crippen LogP contribution in [0.3, 0.4) is 0 Å². The second kappa shape index (κ2) is 9.68. The zero-order chi connectivity index (χ0) is 15.5. The molecule has 1 heterocycles. The molecule has 0 aliphatic heterocycles. The smallest absolute Gasteiger partial charge is 0.221 e. The van der Waals surface area contributed by atoms with Crippen LogP contribution in [0.4, 0.5) is 0 Å². The molecule has 2 aromatic rings. The van der Waals surface area contributed by atoms with E-state index in [-0.39, 0.29) is 5.91 Å². The Kier molecular flexibility index (Phi) is 7.12. The van der Waals surface area contributed by atoms with Crippen LogP contribution in [0.5, 0.6) is 0 Å². The summed E-state index contributed by atoms with van der Waals surface area (Å²) in [5.74, 6) is 0.107. The van der Waals surface area contributed by atoms with Crippen molar-refractivity contribution in [3.8, 4) is 0 Å². The Morgan fingerprint density at radius 2 is 1.73 bits per heavy atom. The summed E-state index contributed by atoms with van der Waals surface area (Å²) in [7, 11) is 0. The Hall–Kier alpha value is -2.20. The fourth-order valence-corrected chi connectivity index (χ4v) is 2.19. The molecule has 4 heteroatoms. The highest BCUT2D eigenvalue weighted by Gasteiger charge is 2.00. The highest BCUT2D eigenvalue weighted by atomic mass is 16.1. The Labute approximate surface area is 132 Å². The highest BCUT2D eigenvalue weighted by molar-refractivity contribution is 5.75. The molecule has 0 radical (unpaired) electrons. The van der Waals surface area contributed by atoms with Crippen molar-refractivity contribution in [2.24, 2.45) is 0 Å². The normalized spacial score (nSPS) is 10.4. The lowest BCUT2D eigenvalue weighted by Crippen LogP contribution is -2.28. The van der Waals surface area contributed by atoms with Gasteiger partial charge in [-0.1, -0.05) is 30.3 Å². The summed E-state index contributed by atoms with van der Waals surface area (Å²) in [6.07, 6.45) is 6.03. The molecule has 0 bridgehead atoms. The minimum Gasteiger partial charge on any atom is -0.356 e. The first-order chi connectivity index (χ1) is 10.8. The van der Waals surface area contributed by atoms with Gasteiger partial charge in [-0.05, 0) is 36.1 Å². The first-order valence-corrected chi connectivity index (χ1v) is 7.75. The number of benzene rings is 1. The van der Waals surface area contributed by atoms with Crippen molar-refractivity contribution in [3.05, 3.63) is 66.0 Å². The minimum atomic E-state index is 0.107. The number of hydrogen-bond donors (Lipinski definition) is 2. The zero-order valence-corrected chi connectivity index (χ0v) is 12.8. The number of nitrogens with one attached hydrogen (secondary N) is 2. The SMILES string of the molecule is O=C(CCNCc1ccncc1)NCCCc1ccccc1. The number of rotatable bonds is 9. The molecular formula is C18H23N3O. The lowest BCUT2D eigenvalue weighted by molar-refractivity contribution is -0.121. The number of aryl methyl sites for hydroxylation is 1. The van der Waals surface area contributed by atoms with E-state index >= 15 is 0 Å². The fraction of sp³-hybridized carbons (Fsp3) is 0.333. The van der Waals surface area contributed by atoms with Gasteiger partial charge in [-0.2, -0.15) is 0 Å². The molecule has 1 aromatic heterocycles. The van der Waals surface area contributed by atoms with Crippen molar-refractivity contribution in [1.29, 1.82) is 0 Å². The van der Waals surface area contributed by atoms with Gasteiger partial charge in [0.2, 0.25) is 5.91 Å². The predicted octanol–water partition coefficient (Wildman–Crippen LogP) is 2.31. The van der Waals surface area contributed by atoms with E-state index in [0.29, 0.717) is 13.0 Å². The maximum absolute atomic E-state index is 11.7. The van der Waals surface area contributed by atoms with Crippen molar-refractivity contribution >= 4 is 5.91 Å². The molecule has 1 aromatic carbocycles. The van der Waals surface area contributed by atoms with E-state index < -0.39 is 0 Å². The topological polar surface area (TPSA) is 54.0 Å². The molecule has 2 N–H and O–H groups in total. The van der Waals surface area contributed by atoms with E-state index in [1.54, 1.807) is 12.4 Å². The molecule has 0 unspecified atom stereocenters. The van der Waals surface area contributed by atoms with Gasteiger partial charge in [0.15, 0.2) is 0 Å². The van der Waals surface area contributed by atoms with Crippen LogP contribution in [0.1, 0.15) is 24.0 Å². The lowest BCUT2D eigenvalue weighted by Gasteiger charge is -2.07. The summed E-state index contributed by atoms with van der Waals surface area (Å²) in [6, 6.07) is 14.3. The van der Waals surface area contributed by atoms with Crippen molar-refractivity contribution < 1.29 is 4.79 Å². The number of hydrogen-bond acceptors (Lipinski definition) is 3. The van der Waals surface area contributed by atoms with Gasteiger partial charge in [-0.15, -0.1) is 0 Å². The van der Waals surface area contributed by atoms with E-state index in [1.807, 2.05) is 30.3 Å². The molecule has 0 aliphatic rings. The third-order valence-corrected chi connectivity index (χ3v) is 3.41. The molecule has 116 valence electrons. The van der Waals surface area contributed by atoms with E-state index in [1.165, 1.54) is 11.1 Å². The predicted molar refractivity (Wildman–Crippen MR) is 88.3 cm³/mol. The van der Waals surface area contributed by atoms with Crippen LogP contribution in [-0.4, -0.2) is 24.0 Å². The van der Waals surface area contributed by atoms with Gasteiger partial charge >= 0.3 is 0 Å². The summed E-state index contributed by atoms with van der Waals surface area (Å²) >= 11 is 0. The number of aromatic nitrogens is 1. The van der Waals surface area contributed by atoms with Gasteiger partial charge < -0.3 is 10.6 Å². The van der Waals surface area contributed by atoms with Gasteiger partial charge in [-0.3, -0.25) is 9.78 Å². The van der Waals surface area contributed by atoms with Crippen molar-refractivity contribution in [3.63, 3.8) is 0 Å². The van der Waals surface area contributed by atoms with Gasteiger partial charge in [-0.25, -0.2) is 0 Å². The van der Waals surface area contributed by atoms with Crippen molar-refractivity contribution in [2.45, 2.75) is 25.8 Å². The lowest BCUT2D eigenvalue weighted by atomic mass is 10.1. The van der Waals surface area contributed by atoms with Gasteiger partial charge in [0, 0.05) is 38.4 Å². The molecule has 2 rings (SSSR count). The Morgan fingerprint density at radius 3 is 2.50 bits per heavy atom. The number of carbonyl (C=O) groups excluding carboxylic acids is 1. The Bertz CT molecular complexity index is 493. The average Bonchev–Trinajstić information content (AvgIpc) is 2.57. The highest BCUT2D eigenvalue weighted by Crippen LogP contribution is 2.01. The van der Waals surface area contributed by atoms with Crippen LogP contribution < -0.4 is 10.6 Å². The maximum atomic E-state index is 11.7. The minimum absolute atomic E-state index is 0.107. The summed E-state index contributed by atoms with van der Waals surface area (Å²) < 4.78 is 0. The molecular weight excluding hydrogens is 274 g/mol. The van der Waals surface area contributed by atoms with Gasteiger partial charge in [0.05, 0.1) is 0 Å². The zero-order valence-electron chi connectivity index (χ0n) is 12.8. The van der Waals surface area contributed by atoms with Crippen LogP contribution in [0.2, 0.25) is 0 Å². The first-order valence-electron chi connectivity index (χ1n) is 7.75. The van der Waals surface area contributed by atoms with E-state index in [9.17, 15) is 4.79 Å². The third kappa shape index (κ3) is 6.50. The number of carbonyl (C=O) groups is 1. The third-order valence-electron chi connectivity index (χ3n) is 3.41.